The van der Waals surface area contributed by atoms with Gasteiger partial charge in [-0.25, -0.2) is 0 Å². The Hall–Kier alpha value is -2.73. The molecule has 0 radical (unpaired) electrons. The summed E-state index contributed by atoms with van der Waals surface area (Å²) in [5.41, 5.74) is 4.21. The minimum absolute atomic E-state index is 0.793. The maximum absolute atomic E-state index is 5.52. The van der Waals surface area contributed by atoms with E-state index in [0.717, 1.165) is 55.4 Å². The molecule has 1 aliphatic rings. The number of piperazine rings is 1. The van der Waals surface area contributed by atoms with Crippen molar-refractivity contribution < 1.29 is 4.52 Å². The van der Waals surface area contributed by atoms with Crippen LogP contribution in [0.15, 0.2) is 53.4 Å². The average molecular weight is 335 g/mol. The van der Waals surface area contributed by atoms with Crippen LogP contribution in [0.2, 0.25) is 0 Å². The zero-order valence-electron chi connectivity index (χ0n) is 14.3. The van der Waals surface area contributed by atoms with Crippen LogP contribution in [0, 0.1) is 6.92 Å². The summed E-state index contributed by atoms with van der Waals surface area (Å²) in [5.74, 6) is 0.903. The Morgan fingerprint density at radius 3 is 2.56 bits per heavy atom. The summed E-state index contributed by atoms with van der Waals surface area (Å²) < 4.78 is 5.52. The summed E-state index contributed by atoms with van der Waals surface area (Å²) >= 11 is 0. The first-order chi connectivity index (χ1) is 12.3. The molecule has 3 aromatic rings. The monoisotopic (exact) mass is 335 g/mol. The van der Waals surface area contributed by atoms with Crippen LogP contribution < -0.4 is 4.90 Å². The Kier molecular flexibility index (Phi) is 4.43. The van der Waals surface area contributed by atoms with Gasteiger partial charge in [0.05, 0.1) is 6.54 Å². The van der Waals surface area contributed by atoms with Crippen molar-refractivity contribution in [3.8, 4) is 11.3 Å². The van der Waals surface area contributed by atoms with E-state index in [4.69, 9.17) is 4.52 Å². The van der Waals surface area contributed by atoms with Crippen LogP contribution in [0.1, 0.15) is 11.5 Å². The van der Waals surface area contributed by atoms with Gasteiger partial charge in [-0.1, -0.05) is 5.16 Å². The van der Waals surface area contributed by atoms with Crippen molar-refractivity contribution in [1.82, 2.24) is 20.0 Å². The Morgan fingerprint density at radius 1 is 1.00 bits per heavy atom. The molecule has 0 aliphatic carbocycles. The van der Waals surface area contributed by atoms with Crippen molar-refractivity contribution in [1.29, 1.82) is 0 Å². The molecule has 6 nitrogen and oxygen atoms in total. The van der Waals surface area contributed by atoms with Gasteiger partial charge in [-0.3, -0.25) is 14.9 Å². The topological polar surface area (TPSA) is 58.3 Å². The van der Waals surface area contributed by atoms with Crippen molar-refractivity contribution in [2.45, 2.75) is 13.5 Å². The fourth-order valence-corrected chi connectivity index (χ4v) is 3.16. The number of rotatable bonds is 4. The van der Waals surface area contributed by atoms with Crippen LogP contribution in [0.25, 0.3) is 11.3 Å². The molecule has 0 N–H and O–H groups in total. The fourth-order valence-electron chi connectivity index (χ4n) is 3.16. The van der Waals surface area contributed by atoms with Gasteiger partial charge in [-0.2, -0.15) is 0 Å². The highest BCUT2D eigenvalue weighted by molar-refractivity contribution is 5.57. The molecule has 1 fully saturated rings. The lowest BCUT2D eigenvalue weighted by molar-refractivity contribution is 0.220. The van der Waals surface area contributed by atoms with Crippen LogP contribution in [0.4, 0.5) is 5.69 Å². The lowest BCUT2D eigenvalue weighted by Gasteiger charge is -2.35. The van der Waals surface area contributed by atoms with Crippen molar-refractivity contribution in [2.24, 2.45) is 0 Å². The zero-order chi connectivity index (χ0) is 17.1. The van der Waals surface area contributed by atoms with E-state index in [2.05, 4.69) is 37.1 Å². The number of aromatic nitrogens is 3. The Bertz CT molecular complexity index is 825. The van der Waals surface area contributed by atoms with Gasteiger partial charge in [0.1, 0.15) is 5.69 Å². The Morgan fingerprint density at radius 2 is 1.80 bits per heavy atom. The van der Waals surface area contributed by atoms with Crippen molar-refractivity contribution >= 4 is 5.69 Å². The van der Waals surface area contributed by atoms with Crippen LogP contribution in [0.3, 0.4) is 0 Å². The maximum Gasteiger partial charge on any atom is 0.151 e. The van der Waals surface area contributed by atoms with Gasteiger partial charge in [-0.15, -0.1) is 0 Å². The van der Waals surface area contributed by atoms with Crippen LogP contribution in [-0.4, -0.2) is 46.2 Å². The second kappa shape index (κ2) is 7.03. The van der Waals surface area contributed by atoms with Gasteiger partial charge in [0, 0.05) is 67.8 Å². The van der Waals surface area contributed by atoms with Crippen molar-refractivity contribution in [3.05, 3.63) is 60.4 Å². The first kappa shape index (κ1) is 15.8. The Balaban J connectivity index is 1.35. The third-order valence-corrected chi connectivity index (χ3v) is 4.53. The fraction of sp³-hybridized carbons (Fsp3) is 0.316. The highest BCUT2D eigenvalue weighted by Gasteiger charge is 2.19. The first-order valence-corrected chi connectivity index (χ1v) is 8.54. The SMILES string of the molecule is Cc1cc(N2CCN(Cc3cc(-c4ccncc4)no3)CC2)ccn1. The molecule has 128 valence electrons. The minimum Gasteiger partial charge on any atom is -0.369 e. The summed E-state index contributed by atoms with van der Waals surface area (Å²) in [5, 5.41) is 4.18. The quantitative estimate of drug-likeness (QED) is 0.731. The standard InChI is InChI=1S/C19H21N5O/c1-15-12-17(4-7-21-15)24-10-8-23(9-11-24)14-18-13-19(22-25-18)16-2-5-20-6-3-16/h2-7,12-13H,8-11,14H2,1H3. The second-order valence-electron chi connectivity index (χ2n) is 6.33. The molecular weight excluding hydrogens is 314 g/mol. The number of hydrogen-bond donors (Lipinski definition) is 0. The van der Waals surface area contributed by atoms with Crippen LogP contribution in [-0.2, 0) is 6.54 Å². The minimum atomic E-state index is 0.793. The highest BCUT2D eigenvalue weighted by atomic mass is 16.5. The van der Waals surface area contributed by atoms with Gasteiger partial charge < -0.3 is 9.42 Å². The van der Waals surface area contributed by atoms with E-state index in [9.17, 15) is 0 Å². The largest absolute Gasteiger partial charge is 0.369 e. The smallest absolute Gasteiger partial charge is 0.151 e. The third kappa shape index (κ3) is 3.69. The summed E-state index contributed by atoms with van der Waals surface area (Å²) in [6.07, 6.45) is 5.42. The maximum atomic E-state index is 5.52. The number of anilines is 1. The van der Waals surface area contributed by atoms with Crippen LogP contribution in [0.5, 0.6) is 0 Å². The van der Waals surface area contributed by atoms with Gasteiger partial charge in [0.15, 0.2) is 5.76 Å². The van der Waals surface area contributed by atoms with Gasteiger partial charge in [0.25, 0.3) is 0 Å². The normalized spacial score (nSPS) is 15.5. The molecular formula is C19H21N5O. The Labute approximate surface area is 147 Å². The van der Waals surface area contributed by atoms with E-state index in [1.165, 1.54) is 5.69 Å². The number of pyridine rings is 2. The van der Waals surface area contributed by atoms with Gasteiger partial charge in [-0.05, 0) is 31.2 Å². The highest BCUT2D eigenvalue weighted by Crippen LogP contribution is 2.21. The predicted molar refractivity (Wildman–Crippen MR) is 96.2 cm³/mol. The molecule has 25 heavy (non-hydrogen) atoms. The van der Waals surface area contributed by atoms with Gasteiger partial charge in [0.2, 0.25) is 0 Å². The molecule has 0 saturated carbocycles. The molecule has 1 saturated heterocycles. The summed E-state index contributed by atoms with van der Waals surface area (Å²) in [6.45, 7) is 6.86. The molecule has 0 aromatic carbocycles. The zero-order valence-corrected chi connectivity index (χ0v) is 14.3. The molecule has 0 atom stereocenters. The molecule has 0 bridgehead atoms. The molecule has 4 heterocycles. The van der Waals surface area contributed by atoms with E-state index < -0.39 is 0 Å². The lowest BCUT2D eigenvalue weighted by atomic mass is 10.2. The molecule has 0 unspecified atom stereocenters. The van der Waals surface area contributed by atoms with E-state index in [-0.39, 0.29) is 0 Å². The average Bonchev–Trinajstić information content (AvgIpc) is 3.12. The molecule has 4 rings (SSSR count). The van der Waals surface area contributed by atoms with E-state index in [1.54, 1.807) is 12.4 Å². The molecule has 0 spiro atoms. The number of aryl methyl sites for hydroxylation is 1. The second-order valence-corrected chi connectivity index (χ2v) is 6.33. The lowest BCUT2D eigenvalue weighted by Crippen LogP contribution is -2.45. The van der Waals surface area contributed by atoms with E-state index in [0.29, 0.717) is 0 Å². The van der Waals surface area contributed by atoms with Gasteiger partial charge >= 0.3 is 0 Å². The van der Waals surface area contributed by atoms with E-state index in [1.807, 2.05) is 31.3 Å². The molecule has 1 aliphatic heterocycles. The van der Waals surface area contributed by atoms with E-state index >= 15 is 0 Å². The number of hydrogen-bond acceptors (Lipinski definition) is 6. The molecule has 3 aromatic heterocycles. The van der Waals surface area contributed by atoms with Crippen molar-refractivity contribution in [3.63, 3.8) is 0 Å². The summed E-state index contributed by atoms with van der Waals surface area (Å²) in [4.78, 5) is 13.1. The first-order valence-electron chi connectivity index (χ1n) is 8.54. The molecule has 0 amide bonds. The van der Waals surface area contributed by atoms with Crippen molar-refractivity contribution in [2.75, 3.05) is 31.1 Å². The van der Waals surface area contributed by atoms with Crippen LogP contribution >= 0.6 is 0 Å². The number of nitrogens with zero attached hydrogens (tertiary/aromatic N) is 5. The predicted octanol–water partition coefficient (Wildman–Crippen LogP) is 2.76. The molecule has 6 heteroatoms. The summed E-state index contributed by atoms with van der Waals surface area (Å²) in [6, 6.07) is 10.1. The third-order valence-electron chi connectivity index (χ3n) is 4.53. The summed E-state index contributed by atoms with van der Waals surface area (Å²) in [7, 11) is 0.